The fourth-order valence-electron chi connectivity index (χ4n) is 3.50. The Morgan fingerprint density at radius 1 is 1.03 bits per heavy atom. The maximum Gasteiger partial charge on any atom is 0.490 e. The lowest BCUT2D eigenvalue weighted by Crippen LogP contribution is -2.48. The van der Waals surface area contributed by atoms with E-state index >= 15 is 0 Å². The molecule has 1 saturated heterocycles. The third-order valence-corrected chi connectivity index (χ3v) is 5.24. The molecule has 2 aromatic heterocycles. The molecule has 1 N–H and O–H groups in total. The normalized spacial score (nSPS) is 15.1. The highest BCUT2D eigenvalue weighted by atomic mass is 19.4. The van der Waals surface area contributed by atoms with Gasteiger partial charge in [0.25, 0.3) is 0 Å². The van der Waals surface area contributed by atoms with Gasteiger partial charge in [-0.05, 0) is 37.1 Å². The summed E-state index contributed by atoms with van der Waals surface area (Å²) in [6.07, 6.45) is -1.01. The van der Waals surface area contributed by atoms with Crippen LogP contribution in [0.15, 0.2) is 54.9 Å². The second kappa shape index (κ2) is 9.38. The number of fused-ring (bicyclic) bond motifs is 1. The predicted octanol–water partition coefficient (Wildman–Crippen LogP) is 4.17. The van der Waals surface area contributed by atoms with Crippen molar-refractivity contribution in [1.29, 1.82) is 0 Å². The first-order chi connectivity index (χ1) is 14.7. The molecule has 0 unspecified atom stereocenters. The van der Waals surface area contributed by atoms with Gasteiger partial charge in [0.2, 0.25) is 0 Å². The van der Waals surface area contributed by atoms with Crippen LogP contribution in [0.2, 0.25) is 0 Å². The number of carboxylic acids is 1. The van der Waals surface area contributed by atoms with E-state index in [4.69, 9.17) is 9.90 Å². The fraction of sp³-hybridized carbons (Fsp3) is 0.364. The number of aromatic nitrogens is 2. The van der Waals surface area contributed by atoms with E-state index in [-0.39, 0.29) is 0 Å². The topological polar surface area (TPSA) is 61.1 Å². The molecule has 4 rings (SSSR count). The maximum absolute atomic E-state index is 10.6. The van der Waals surface area contributed by atoms with E-state index in [9.17, 15) is 13.2 Å². The van der Waals surface area contributed by atoms with Crippen LogP contribution >= 0.6 is 0 Å². The molecule has 0 amide bonds. The standard InChI is InChI=1S/C20H24N4.C2HF3O2/c1-16(2)22-10-12-23(13-11-22)20-15-21-24-9-8-18(14-19(20)24)17-6-4-3-5-7-17;3-2(4,5)1(6)7/h3-9,14-16H,10-13H2,1-2H3;(H,6,7). The molecule has 0 atom stereocenters. The molecule has 0 spiro atoms. The highest BCUT2D eigenvalue weighted by molar-refractivity contribution is 5.78. The van der Waals surface area contributed by atoms with Crippen LogP contribution in [0, 0.1) is 0 Å². The van der Waals surface area contributed by atoms with Crippen LogP contribution < -0.4 is 4.90 Å². The molecule has 1 aliphatic rings. The number of rotatable bonds is 3. The zero-order valence-corrected chi connectivity index (χ0v) is 17.4. The monoisotopic (exact) mass is 434 g/mol. The van der Waals surface area contributed by atoms with Crippen LogP contribution in [0.25, 0.3) is 16.6 Å². The number of aliphatic carboxylic acids is 1. The van der Waals surface area contributed by atoms with Crippen molar-refractivity contribution >= 4 is 17.2 Å². The minimum atomic E-state index is -5.08. The van der Waals surface area contributed by atoms with Crippen molar-refractivity contribution in [1.82, 2.24) is 14.5 Å². The predicted molar refractivity (Wildman–Crippen MR) is 113 cm³/mol. The summed E-state index contributed by atoms with van der Waals surface area (Å²) in [6, 6.07) is 15.6. The second-order valence-corrected chi connectivity index (χ2v) is 7.56. The molecule has 6 nitrogen and oxygen atoms in total. The molecule has 9 heteroatoms. The lowest BCUT2D eigenvalue weighted by Gasteiger charge is -2.37. The number of alkyl halides is 3. The lowest BCUT2D eigenvalue weighted by molar-refractivity contribution is -0.192. The van der Waals surface area contributed by atoms with Crippen molar-refractivity contribution in [2.75, 3.05) is 31.1 Å². The average molecular weight is 434 g/mol. The van der Waals surface area contributed by atoms with Crippen molar-refractivity contribution in [3.05, 3.63) is 54.9 Å². The van der Waals surface area contributed by atoms with E-state index in [0.29, 0.717) is 6.04 Å². The first-order valence-electron chi connectivity index (χ1n) is 9.98. The molecule has 0 saturated carbocycles. The number of carboxylic acid groups (broad SMARTS) is 1. The minimum absolute atomic E-state index is 0.626. The molecular weight excluding hydrogens is 409 g/mol. The Labute approximate surface area is 178 Å². The summed E-state index contributed by atoms with van der Waals surface area (Å²) in [5.74, 6) is -2.76. The summed E-state index contributed by atoms with van der Waals surface area (Å²) in [4.78, 5) is 13.9. The Morgan fingerprint density at radius 2 is 1.65 bits per heavy atom. The van der Waals surface area contributed by atoms with Gasteiger partial charge in [0.1, 0.15) is 0 Å². The number of anilines is 1. The number of pyridine rings is 1. The van der Waals surface area contributed by atoms with Gasteiger partial charge < -0.3 is 10.0 Å². The largest absolute Gasteiger partial charge is 0.490 e. The molecule has 0 aliphatic carbocycles. The molecule has 1 fully saturated rings. The van der Waals surface area contributed by atoms with Crippen LogP contribution in [0.5, 0.6) is 0 Å². The molecule has 1 aromatic carbocycles. The average Bonchev–Trinajstić information content (AvgIpc) is 3.17. The zero-order chi connectivity index (χ0) is 22.6. The Balaban J connectivity index is 0.000000339. The van der Waals surface area contributed by atoms with Crippen molar-refractivity contribution in [2.24, 2.45) is 0 Å². The first kappa shape index (κ1) is 22.6. The van der Waals surface area contributed by atoms with E-state index in [1.165, 1.54) is 22.3 Å². The van der Waals surface area contributed by atoms with Gasteiger partial charge >= 0.3 is 12.1 Å². The molecule has 0 radical (unpaired) electrons. The SMILES string of the molecule is CC(C)N1CCN(c2cnn3ccc(-c4ccccc4)cc23)CC1.O=C(O)C(F)(F)F. The second-order valence-electron chi connectivity index (χ2n) is 7.56. The van der Waals surface area contributed by atoms with Gasteiger partial charge in [0.05, 0.1) is 17.4 Å². The highest BCUT2D eigenvalue weighted by Gasteiger charge is 2.38. The summed E-state index contributed by atoms with van der Waals surface area (Å²) in [5.41, 5.74) is 4.92. The number of carbonyl (C=O) groups is 1. The number of hydrogen-bond acceptors (Lipinski definition) is 4. The number of halogens is 3. The van der Waals surface area contributed by atoms with Gasteiger partial charge in [-0.15, -0.1) is 0 Å². The molecule has 166 valence electrons. The summed E-state index contributed by atoms with van der Waals surface area (Å²) >= 11 is 0. The quantitative estimate of drug-likeness (QED) is 0.671. The van der Waals surface area contributed by atoms with Crippen molar-refractivity contribution in [2.45, 2.75) is 26.1 Å². The zero-order valence-electron chi connectivity index (χ0n) is 17.4. The van der Waals surface area contributed by atoms with Gasteiger partial charge in [0.15, 0.2) is 0 Å². The molecule has 31 heavy (non-hydrogen) atoms. The molecular formula is C22H25F3N4O2. The first-order valence-corrected chi connectivity index (χ1v) is 9.98. The Morgan fingerprint density at radius 3 is 2.19 bits per heavy atom. The third kappa shape index (κ3) is 5.55. The van der Waals surface area contributed by atoms with Gasteiger partial charge in [0, 0.05) is 38.4 Å². The van der Waals surface area contributed by atoms with Crippen molar-refractivity contribution in [3.63, 3.8) is 0 Å². The molecule has 3 heterocycles. The minimum Gasteiger partial charge on any atom is -0.475 e. The third-order valence-electron chi connectivity index (χ3n) is 5.24. The molecule has 3 aromatic rings. The van der Waals surface area contributed by atoms with Crippen molar-refractivity contribution < 1.29 is 23.1 Å². The fourth-order valence-corrected chi connectivity index (χ4v) is 3.50. The van der Waals surface area contributed by atoms with Gasteiger partial charge in [-0.3, -0.25) is 4.90 Å². The van der Waals surface area contributed by atoms with E-state index < -0.39 is 12.1 Å². The van der Waals surface area contributed by atoms with E-state index in [0.717, 1.165) is 26.2 Å². The number of benzene rings is 1. The summed E-state index contributed by atoms with van der Waals surface area (Å²) in [6.45, 7) is 8.92. The summed E-state index contributed by atoms with van der Waals surface area (Å²) < 4.78 is 33.7. The van der Waals surface area contributed by atoms with Gasteiger partial charge in [-0.25, -0.2) is 9.31 Å². The number of piperazine rings is 1. The van der Waals surface area contributed by atoms with Gasteiger partial charge in [-0.1, -0.05) is 30.3 Å². The van der Waals surface area contributed by atoms with E-state index in [1.54, 1.807) is 0 Å². The lowest BCUT2D eigenvalue weighted by atomic mass is 10.1. The Kier molecular flexibility index (Phi) is 6.84. The van der Waals surface area contributed by atoms with Crippen LogP contribution in [0.3, 0.4) is 0 Å². The highest BCUT2D eigenvalue weighted by Crippen LogP contribution is 2.27. The van der Waals surface area contributed by atoms with E-state index in [2.05, 4.69) is 77.4 Å². The number of hydrogen-bond donors (Lipinski definition) is 1. The van der Waals surface area contributed by atoms with Gasteiger partial charge in [-0.2, -0.15) is 18.3 Å². The summed E-state index contributed by atoms with van der Waals surface area (Å²) in [7, 11) is 0. The maximum atomic E-state index is 10.6. The Hall–Kier alpha value is -3.07. The smallest absolute Gasteiger partial charge is 0.475 e. The van der Waals surface area contributed by atoms with E-state index in [1.807, 2.05) is 10.7 Å². The summed E-state index contributed by atoms with van der Waals surface area (Å²) in [5, 5.41) is 11.7. The van der Waals surface area contributed by atoms with Crippen LogP contribution in [-0.2, 0) is 4.79 Å². The number of nitrogens with zero attached hydrogens (tertiary/aromatic N) is 4. The Bertz CT molecular complexity index is 1010. The molecule has 1 aliphatic heterocycles. The van der Waals surface area contributed by atoms with Crippen molar-refractivity contribution in [3.8, 4) is 11.1 Å². The van der Waals surface area contributed by atoms with Crippen LogP contribution in [0.1, 0.15) is 13.8 Å². The molecule has 0 bridgehead atoms. The van der Waals surface area contributed by atoms with Crippen LogP contribution in [-0.4, -0.2) is 64.0 Å². The van der Waals surface area contributed by atoms with Crippen LogP contribution in [0.4, 0.5) is 18.9 Å².